The molecular weight excluding hydrogens is 659 g/mol. The van der Waals surface area contributed by atoms with Gasteiger partial charge < -0.3 is 9.13 Å². The molecule has 11 rings (SSSR count). The van der Waals surface area contributed by atoms with Gasteiger partial charge >= 0.3 is 0 Å². The van der Waals surface area contributed by atoms with Gasteiger partial charge in [0, 0.05) is 49.6 Å². The molecule has 0 amide bonds. The van der Waals surface area contributed by atoms with Gasteiger partial charge in [-0.15, -0.1) is 0 Å². The first-order valence-electron chi connectivity index (χ1n) is 18.2. The molecule has 0 spiro atoms. The molecular formula is C49H31N5. The SMILES string of the molecule is c1ccc(-c2nc(-c3ccc(-n4c5ccccc5c5cc(-n6c7ccccc7c7ccccc76)ccc54)cc3)nc(-c3ccc4ccccc4c3)n2)cc1. The van der Waals surface area contributed by atoms with E-state index in [4.69, 9.17) is 15.0 Å². The number of benzene rings is 8. The van der Waals surface area contributed by atoms with Crippen LogP contribution in [0.1, 0.15) is 0 Å². The second-order valence-corrected chi connectivity index (χ2v) is 13.7. The lowest BCUT2D eigenvalue weighted by Gasteiger charge is -2.12. The highest BCUT2D eigenvalue weighted by Gasteiger charge is 2.17. The van der Waals surface area contributed by atoms with E-state index in [9.17, 15) is 0 Å². The van der Waals surface area contributed by atoms with E-state index in [0.717, 1.165) is 44.5 Å². The van der Waals surface area contributed by atoms with Crippen molar-refractivity contribution >= 4 is 54.4 Å². The summed E-state index contributed by atoms with van der Waals surface area (Å²) in [5.41, 5.74) is 9.76. The summed E-state index contributed by atoms with van der Waals surface area (Å²) >= 11 is 0. The minimum absolute atomic E-state index is 0.636. The van der Waals surface area contributed by atoms with E-state index in [-0.39, 0.29) is 0 Å². The number of hydrogen-bond donors (Lipinski definition) is 0. The van der Waals surface area contributed by atoms with Gasteiger partial charge in [-0.05, 0) is 77.5 Å². The first-order chi connectivity index (χ1) is 26.8. The minimum Gasteiger partial charge on any atom is -0.309 e. The van der Waals surface area contributed by atoms with Gasteiger partial charge in [0.15, 0.2) is 17.5 Å². The molecule has 11 aromatic rings. The van der Waals surface area contributed by atoms with Crippen LogP contribution in [-0.2, 0) is 0 Å². The molecule has 8 aromatic carbocycles. The van der Waals surface area contributed by atoms with Crippen molar-refractivity contribution in [2.24, 2.45) is 0 Å². The van der Waals surface area contributed by atoms with Gasteiger partial charge in [-0.25, -0.2) is 15.0 Å². The zero-order valence-corrected chi connectivity index (χ0v) is 29.1. The lowest BCUT2D eigenvalue weighted by Crippen LogP contribution is -2.00. The number of fused-ring (bicyclic) bond motifs is 7. The van der Waals surface area contributed by atoms with Gasteiger partial charge in [-0.2, -0.15) is 0 Å². The van der Waals surface area contributed by atoms with Gasteiger partial charge in [-0.1, -0.05) is 121 Å². The summed E-state index contributed by atoms with van der Waals surface area (Å²) in [6, 6.07) is 66.3. The third-order valence-corrected chi connectivity index (χ3v) is 10.6. The molecule has 0 unspecified atom stereocenters. The van der Waals surface area contributed by atoms with E-state index in [1.165, 1.54) is 38.0 Å². The van der Waals surface area contributed by atoms with Gasteiger partial charge in [-0.3, -0.25) is 0 Å². The fourth-order valence-electron chi connectivity index (χ4n) is 8.02. The summed E-state index contributed by atoms with van der Waals surface area (Å²) in [5.74, 6) is 1.93. The summed E-state index contributed by atoms with van der Waals surface area (Å²) in [6.45, 7) is 0. The molecule has 5 heteroatoms. The van der Waals surface area contributed by atoms with Crippen molar-refractivity contribution in [3.63, 3.8) is 0 Å². The Hall–Kier alpha value is -7.37. The molecule has 3 aromatic heterocycles. The van der Waals surface area contributed by atoms with Gasteiger partial charge in [0.2, 0.25) is 0 Å². The van der Waals surface area contributed by atoms with Crippen LogP contribution in [0.2, 0.25) is 0 Å². The van der Waals surface area contributed by atoms with Crippen LogP contribution in [0, 0.1) is 0 Å². The highest BCUT2D eigenvalue weighted by Crippen LogP contribution is 2.37. The Kier molecular flexibility index (Phi) is 6.79. The molecule has 54 heavy (non-hydrogen) atoms. The molecule has 0 radical (unpaired) electrons. The summed E-state index contributed by atoms with van der Waals surface area (Å²) in [5, 5.41) is 7.27. The van der Waals surface area contributed by atoms with Crippen molar-refractivity contribution in [1.82, 2.24) is 24.1 Å². The first kappa shape index (κ1) is 30.3. The quantitative estimate of drug-likeness (QED) is 0.181. The molecule has 5 nitrogen and oxygen atoms in total. The summed E-state index contributed by atoms with van der Waals surface area (Å²) < 4.78 is 4.74. The van der Waals surface area contributed by atoms with Crippen LogP contribution in [0.4, 0.5) is 0 Å². The predicted octanol–water partition coefficient (Wildman–Crippen LogP) is 12.2. The van der Waals surface area contributed by atoms with Crippen molar-refractivity contribution in [2.45, 2.75) is 0 Å². The average molecular weight is 690 g/mol. The number of hydrogen-bond acceptors (Lipinski definition) is 3. The van der Waals surface area contributed by atoms with Crippen LogP contribution in [0.15, 0.2) is 188 Å². The Morgan fingerprint density at radius 1 is 0.278 bits per heavy atom. The smallest absolute Gasteiger partial charge is 0.164 e. The van der Waals surface area contributed by atoms with E-state index in [1.807, 2.05) is 30.3 Å². The maximum absolute atomic E-state index is 5.04. The van der Waals surface area contributed by atoms with Crippen molar-refractivity contribution in [2.75, 3.05) is 0 Å². The van der Waals surface area contributed by atoms with Crippen molar-refractivity contribution in [3.05, 3.63) is 188 Å². The van der Waals surface area contributed by atoms with E-state index in [1.54, 1.807) is 0 Å². The molecule has 0 N–H and O–H groups in total. The Morgan fingerprint density at radius 2 is 0.722 bits per heavy atom. The number of nitrogens with zero attached hydrogens (tertiary/aromatic N) is 5. The normalized spacial score (nSPS) is 11.7. The third kappa shape index (κ3) is 4.83. The highest BCUT2D eigenvalue weighted by atomic mass is 15.0. The number of rotatable bonds is 5. The zero-order valence-electron chi connectivity index (χ0n) is 29.1. The van der Waals surface area contributed by atoms with Gasteiger partial charge in [0.25, 0.3) is 0 Å². The molecule has 0 bridgehead atoms. The monoisotopic (exact) mass is 689 g/mol. The maximum atomic E-state index is 5.04. The lowest BCUT2D eigenvalue weighted by atomic mass is 10.1. The molecule has 0 saturated heterocycles. The molecule has 0 aliphatic heterocycles. The molecule has 0 aliphatic rings. The van der Waals surface area contributed by atoms with Crippen LogP contribution in [0.5, 0.6) is 0 Å². The second kappa shape index (κ2) is 12.1. The van der Waals surface area contributed by atoms with Crippen molar-refractivity contribution in [3.8, 4) is 45.5 Å². The van der Waals surface area contributed by atoms with Crippen LogP contribution >= 0.6 is 0 Å². The predicted molar refractivity (Wildman–Crippen MR) is 222 cm³/mol. The van der Waals surface area contributed by atoms with E-state index in [2.05, 4.69) is 167 Å². The summed E-state index contributed by atoms with van der Waals surface area (Å²) in [7, 11) is 0. The van der Waals surface area contributed by atoms with E-state index in [0.29, 0.717) is 17.5 Å². The standard InChI is InChI=1S/C49H31N5/c1-2-13-33(14-3-1)47-50-48(52-49(51-47)36-23-22-32-12-4-5-15-35(32)30-36)34-24-26-37(27-25-34)53-45-21-11-8-18-41(45)42-31-38(28-29-46(42)53)54-43-19-9-6-16-39(43)40-17-7-10-20-44(40)54/h1-31H. The number of para-hydroxylation sites is 3. The summed E-state index contributed by atoms with van der Waals surface area (Å²) in [6.07, 6.45) is 0. The van der Waals surface area contributed by atoms with E-state index >= 15 is 0 Å². The number of aromatic nitrogens is 5. The second-order valence-electron chi connectivity index (χ2n) is 13.7. The summed E-state index contributed by atoms with van der Waals surface area (Å²) in [4.78, 5) is 15.0. The lowest BCUT2D eigenvalue weighted by molar-refractivity contribution is 1.07. The van der Waals surface area contributed by atoms with Crippen LogP contribution in [-0.4, -0.2) is 24.1 Å². The molecule has 3 heterocycles. The van der Waals surface area contributed by atoms with Crippen LogP contribution in [0.3, 0.4) is 0 Å². The molecule has 0 atom stereocenters. The van der Waals surface area contributed by atoms with Crippen molar-refractivity contribution < 1.29 is 0 Å². The molecule has 0 aliphatic carbocycles. The Bertz CT molecular complexity index is 3160. The van der Waals surface area contributed by atoms with Gasteiger partial charge in [0.05, 0.1) is 22.1 Å². The highest BCUT2D eigenvalue weighted by molar-refractivity contribution is 6.12. The third-order valence-electron chi connectivity index (χ3n) is 10.6. The topological polar surface area (TPSA) is 48.5 Å². The largest absolute Gasteiger partial charge is 0.309 e. The minimum atomic E-state index is 0.636. The average Bonchev–Trinajstić information content (AvgIpc) is 3.76. The Morgan fingerprint density at radius 3 is 1.37 bits per heavy atom. The Balaban J connectivity index is 1.04. The zero-order chi connectivity index (χ0) is 35.6. The Labute approximate surface area is 311 Å². The van der Waals surface area contributed by atoms with Crippen molar-refractivity contribution in [1.29, 1.82) is 0 Å². The molecule has 0 saturated carbocycles. The fourth-order valence-corrected chi connectivity index (χ4v) is 8.02. The van der Waals surface area contributed by atoms with Gasteiger partial charge in [0.1, 0.15) is 0 Å². The van der Waals surface area contributed by atoms with Crippen LogP contribution in [0.25, 0.3) is 99.9 Å². The maximum Gasteiger partial charge on any atom is 0.164 e. The molecule has 0 fully saturated rings. The fraction of sp³-hybridized carbons (Fsp3) is 0. The molecule has 252 valence electrons. The first-order valence-corrected chi connectivity index (χ1v) is 18.2. The van der Waals surface area contributed by atoms with Crippen LogP contribution < -0.4 is 0 Å². The van der Waals surface area contributed by atoms with E-state index < -0.39 is 0 Å².